The number of tetrazole rings is 1. The van der Waals surface area contributed by atoms with Gasteiger partial charge in [-0.2, -0.15) is 4.68 Å². The highest BCUT2D eigenvalue weighted by atomic mass is 79.9. The monoisotopic (exact) mass is 343 g/mol. The van der Waals surface area contributed by atoms with Crippen LogP contribution in [0.1, 0.15) is 11.1 Å². The Balaban J connectivity index is 2.17. The maximum Gasteiger partial charge on any atom is 0.187 e. The lowest BCUT2D eigenvalue weighted by atomic mass is 10.1. The van der Waals surface area contributed by atoms with Gasteiger partial charge < -0.3 is 5.73 Å². The molecule has 0 fully saturated rings. The largest absolute Gasteiger partial charge is 0.399 e. The number of aryl methyl sites for hydroxylation is 2. The molecule has 106 valence electrons. The number of aromatic nitrogens is 4. The first-order chi connectivity index (χ1) is 10.1. The highest BCUT2D eigenvalue weighted by molar-refractivity contribution is 9.10. The van der Waals surface area contributed by atoms with Crippen molar-refractivity contribution in [2.75, 3.05) is 5.73 Å². The Kier molecular flexibility index (Phi) is 3.47. The standard InChI is InChI=1S/C15H14BrN5/c1-9-8-12(17)4-5-13(9)15-18-19-20-21(15)14-6-3-11(16)7-10(14)2/h3-8H,17H2,1-2H3. The van der Waals surface area contributed by atoms with Gasteiger partial charge in [-0.25, -0.2) is 0 Å². The predicted octanol–water partition coefficient (Wildman–Crippen LogP) is 3.29. The lowest BCUT2D eigenvalue weighted by Gasteiger charge is -2.10. The van der Waals surface area contributed by atoms with Crippen molar-refractivity contribution in [3.63, 3.8) is 0 Å². The van der Waals surface area contributed by atoms with E-state index >= 15 is 0 Å². The number of rotatable bonds is 2. The molecule has 0 atom stereocenters. The van der Waals surface area contributed by atoms with Crippen molar-refractivity contribution in [2.24, 2.45) is 0 Å². The molecule has 2 N–H and O–H groups in total. The minimum absolute atomic E-state index is 0.706. The van der Waals surface area contributed by atoms with Crippen molar-refractivity contribution >= 4 is 21.6 Å². The van der Waals surface area contributed by atoms with Crippen LogP contribution in [-0.4, -0.2) is 20.2 Å². The van der Waals surface area contributed by atoms with Crippen LogP contribution in [0.5, 0.6) is 0 Å². The fourth-order valence-electron chi connectivity index (χ4n) is 2.31. The Hall–Kier alpha value is -2.21. The van der Waals surface area contributed by atoms with E-state index in [1.54, 1.807) is 4.68 Å². The molecule has 0 aliphatic rings. The Morgan fingerprint density at radius 1 is 1.05 bits per heavy atom. The molecule has 0 spiro atoms. The molecule has 21 heavy (non-hydrogen) atoms. The van der Waals surface area contributed by atoms with Crippen LogP contribution in [0.25, 0.3) is 17.1 Å². The van der Waals surface area contributed by atoms with Crippen molar-refractivity contribution in [3.05, 3.63) is 52.0 Å². The van der Waals surface area contributed by atoms with Gasteiger partial charge in [0.05, 0.1) is 5.69 Å². The molecule has 0 amide bonds. The van der Waals surface area contributed by atoms with Gasteiger partial charge in [0.1, 0.15) is 0 Å². The summed E-state index contributed by atoms with van der Waals surface area (Å²) in [6.45, 7) is 4.03. The number of hydrogen-bond acceptors (Lipinski definition) is 4. The molecule has 0 saturated heterocycles. The maximum absolute atomic E-state index is 5.81. The molecule has 0 radical (unpaired) electrons. The van der Waals surface area contributed by atoms with Crippen molar-refractivity contribution in [3.8, 4) is 17.1 Å². The maximum atomic E-state index is 5.81. The van der Waals surface area contributed by atoms with Gasteiger partial charge >= 0.3 is 0 Å². The zero-order valence-corrected chi connectivity index (χ0v) is 13.3. The number of benzene rings is 2. The van der Waals surface area contributed by atoms with E-state index in [0.29, 0.717) is 5.82 Å². The number of halogens is 1. The van der Waals surface area contributed by atoms with Gasteiger partial charge in [-0.3, -0.25) is 0 Å². The number of nitrogens with zero attached hydrogens (tertiary/aromatic N) is 4. The van der Waals surface area contributed by atoms with E-state index in [-0.39, 0.29) is 0 Å². The van der Waals surface area contributed by atoms with Crippen molar-refractivity contribution in [1.82, 2.24) is 20.2 Å². The molecular weight excluding hydrogens is 330 g/mol. The van der Waals surface area contributed by atoms with Crippen LogP contribution in [0.4, 0.5) is 5.69 Å². The molecule has 3 aromatic rings. The molecule has 0 bridgehead atoms. The molecule has 0 unspecified atom stereocenters. The Morgan fingerprint density at radius 2 is 1.86 bits per heavy atom. The van der Waals surface area contributed by atoms with E-state index in [4.69, 9.17) is 5.73 Å². The van der Waals surface area contributed by atoms with Crippen LogP contribution in [0.2, 0.25) is 0 Å². The van der Waals surface area contributed by atoms with Gasteiger partial charge in [0.25, 0.3) is 0 Å². The van der Waals surface area contributed by atoms with E-state index in [1.807, 2.05) is 50.2 Å². The van der Waals surface area contributed by atoms with Crippen LogP contribution in [0.15, 0.2) is 40.9 Å². The summed E-state index contributed by atoms with van der Waals surface area (Å²) in [7, 11) is 0. The van der Waals surface area contributed by atoms with Crippen molar-refractivity contribution in [1.29, 1.82) is 0 Å². The van der Waals surface area contributed by atoms with Gasteiger partial charge in [-0.15, -0.1) is 5.10 Å². The minimum atomic E-state index is 0.706. The topological polar surface area (TPSA) is 69.6 Å². The molecule has 0 aliphatic heterocycles. The van der Waals surface area contributed by atoms with Gasteiger partial charge in [-0.05, 0) is 71.8 Å². The number of anilines is 1. The molecule has 2 aromatic carbocycles. The van der Waals surface area contributed by atoms with Gasteiger partial charge in [-0.1, -0.05) is 15.9 Å². The zero-order valence-electron chi connectivity index (χ0n) is 11.7. The van der Waals surface area contributed by atoms with Crippen LogP contribution in [0, 0.1) is 13.8 Å². The quantitative estimate of drug-likeness (QED) is 0.725. The Bertz CT molecular complexity index is 744. The summed E-state index contributed by atoms with van der Waals surface area (Å²) in [5.74, 6) is 0.706. The highest BCUT2D eigenvalue weighted by Crippen LogP contribution is 2.26. The van der Waals surface area contributed by atoms with E-state index in [0.717, 1.165) is 32.5 Å². The number of hydrogen-bond donors (Lipinski definition) is 1. The van der Waals surface area contributed by atoms with Crippen LogP contribution in [-0.2, 0) is 0 Å². The van der Waals surface area contributed by atoms with Crippen LogP contribution >= 0.6 is 15.9 Å². The van der Waals surface area contributed by atoms with E-state index in [9.17, 15) is 0 Å². The minimum Gasteiger partial charge on any atom is -0.399 e. The first kappa shape index (κ1) is 13.8. The smallest absolute Gasteiger partial charge is 0.187 e. The lowest BCUT2D eigenvalue weighted by molar-refractivity contribution is 0.787. The predicted molar refractivity (Wildman–Crippen MR) is 86.2 cm³/mol. The highest BCUT2D eigenvalue weighted by Gasteiger charge is 2.14. The second-order valence-electron chi connectivity index (χ2n) is 4.92. The molecule has 3 rings (SSSR count). The summed E-state index contributed by atoms with van der Waals surface area (Å²) in [6, 6.07) is 11.7. The normalized spacial score (nSPS) is 10.8. The third kappa shape index (κ3) is 2.54. The Morgan fingerprint density at radius 3 is 2.57 bits per heavy atom. The second kappa shape index (κ2) is 5.29. The second-order valence-corrected chi connectivity index (χ2v) is 5.84. The summed E-state index contributed by atoms with van der Waals surface area (Å²) in [4.78, 5) is 0. The average Bonchev–Trinajstić information content (AvgIpc) is 2.87. The SMILES string of the molecule is Cc1cc(N)ccc1-c1nnnn1-c1ccc(Br)cc1C. The Labute approximate surface area is 130 Å². The van der Waals surface area contributed by atoms with E-state index in [1.165, 1.54) is 0 Å². The van der Waals surface area contributed by atoms with Gasteiger partial charge in [0.15, 0.2) is 5.82 Å². The summed E-state index contributed by atoms with van der Waals surface area (Å²) in [5, 5.41) is 12.1. The molecule has 1 aromatic heterocycles. The molecule has 5 nitrogen and oxygen atoms in total. The van der Waals surface area contributed by atoms with E-state index < -0.39 is 0 Å². The molecule has 0 aliphatic carbocycles. The van der Waals surface area contributed by atoms with Gasteiger partial charge in [0, 0.05) is 15.7 Å². The van der Waals surface area contributed by atoms with Gasteiger partial charge in [0.2, 0.25) is 0 Å². The summed E-state index contributed by atoms with van der Waals surface area (Å²) < 4.78 is 2.78. The average molecular weight is 344 g/mol. The number of nitrogens with two attached hydrogens (primary N) is 1. The fourth-order valence-corrected chi connectivity index (χ4v) is 2.79. The molecule has 6 heteroatoms. The molecule has 0 saturated carbocycles. The van der Waals surface area contributed by atoms with Crippen molar-refractivity contribution < 1.29 is 0 Å². The zero-order chi connectivity index (χ0) is 15.0. The summed E-state index contributed by atoms with van der Waals surface area (Å²) in [5.41, 5.74) is 10.6. The first-order valence-corrected chi connectivity index (χ1v) is 7.27. The first-order valence-electron chi connectivity index (χ1n) is 6.47. The van der Waals surface area contributed by atoms with Crippen LogP contribution < -0.4 is 5.73 Å². The van der Waals surface area contributed by atoms with E-state index in [2.05, 4.69) is 31.5 Å². The third-order valence-electron chi connectivity index (χ3n) is 3.35. The van der Waals surface area contributed by atoms with Crippen LogP contribution in [0.3, 0.4) is 0 Å². The molecular formula is C15H14BrN5. The number of nitrogen functional groups attached to an aromatic ring is 1. The van der Waals surface area contributed by atoms with Crippen molar-refractivity contribution in [2.45, 2.75) is 13.8 Å². The third-order valence-corrected chi connectivity index (χ3v) is 3.84. The fraction of sp³-hybridized carbons (Fsp3) is 0.133. The summed E-state index contributed by atoms with van der Waals surface area (Å²) >= 11 is 3.47. The summed E-state index contributed by atoms with van der Waals surface area (Å²) in [6.07, 6.45) is 0. The molecule has 1 heterocycles. The lowest BCUT2D eigenvalue weighted by Crippen LogP contribution is -2.03.